The molecule has 0 aliphatic heterocycles. The second-order valence-electron chi connectivity index (χ2n) is 8.89. The van der Waals surface area contributed by atoms with Gasteiger partial charge in [-0.15, -0.1) is 0 Å². The molecule has 0 bridgehead atoms. The van der Waals surface area contributed by atoms with Crippen LogP contribution in [0.5, 0.6) is 0 Å². The molecule has 2 heteroatoms. The fourth-order valence-corrected chi connectivity index (χ4v) is 4.20. The summed E-state index contributed by atoms with van der Waals surface area (Å²) in [5, 5.41) is 0. The van der Waals surface area contributed by atoms with E-state index in [0.717, 1.165) is 36.1 Å². The Morgan fingerprint density at radius 2 is 1.09 bits per heavy atom. The van der Waals surface area contributed by atoms with Gasteiger partial charge in [-0.05, 0) is 60.1 Å². The Morgan fingerprint density at radius 1 is 0.562 bits per heavy atom. The molecule has 0 aliphatic rings. The maximum Gasteiger partial charge on any atom is 0.220 e. The molecule has 0 atom stereocenters. The van der Waals surface area contributed by atoms with E-state index in [-0.39, 0.29) is 5.95 Å². The highest BCUT2D eigenvalue weighted by Crippen LogP contribution is 2.27. The van der Waals surface area contributed by atoms with Gasteiger partial charge >= 0.3 is 0 Å². The van der Waals surface area contributed by atoms with Crippen molar-refractivity contribution in [1.82, 2.24) is 4.98 Å². The summed E-state index contributed by atoms with van der Waals surface area (Å²) in [5.74, 6) is -0.367. The van der Waals surface area contributed by atoms with Crippen molar-refractivity contribution in [2.75, 3.05) is 0 Å². The number of pyridine rings is 1. The van der Waals surface area contributed by atoms with Crippen molar-refractivity contribution in [2.24, 2.45) is 0 Å². The number of aromatic nitrogens is 1. The molecule has 0 amide bonds. The first-order valence-corrected chi connectivity index (χ1v) is 12.6. The number of benzene rings is 2. The number of unbranched alkanes of at least 4 members (excludes halogenated alkanes) is 7. The number of aryl methyl sites for hydroxylation is 2. The first-order chi connectivity index (χ1) is 15.7. The van der Waals surface area contributed by atoms with E-state index in [1.807, 2.05) is 24.3 Å². The fraction of sp³-hybridized carbons (Fsp3) is 0.433. The van der Waals surface area contributed by atoms with Crippen LogP contribution in [0.15, 0.2) is 60.7 Å². The zero-order valence-corrected chi connectivity index (χ0v) is 19.9. The zero-order valence-electron chi connectivity index (χ0n) is 19.9. The van der Waals surface area contributed by atoms with Crippen LogP contribution >= 0.6 is 0 Å². The number of halogens is 1. The summed E-state index contributed by atoms with van der Waals surface area (Å²) < 4.78 is 14.6. The average Bonchev–Trinajstić information content (AvgIpc) is 2.82. The van der Waals surface area contributed by atoms with Crippen molar-refractivity contribution < 1.29 is 4.39 Å². The molecule has 32 heavy (non-hydrogen) atoms. The third kappa shape index (κ3) is 7.29. The van der Waals surface area contributed by atoms with Gasteiger partial charge in [0.1, 0.15) is 0 Å². The van der Waals surface area contributed by atoms with Crippen LogP contribution in [-0.4, -0.2) is 4.98 Å². The molecule has 0 spiro atoms. The molecule has 0 aliphatic carbocycles. The average molecular weight is 432 g/mol. The number of hydrogen-bond acceptors (Lipinski definition) is 1. The van der Waals surface area contributed by atoms with Crippen LogP contribution in [0.2, 0.25) is 0 Å². The van der Waals surface area contributed by atoms with Gasteiger partial charge in [-0.3, -0.25) is 0 Å². The van der Waals surface area contributed by atoms with Gasteiger partial charge in [0.15, 0.2) is 0 Å². The van der Waals surface area contributed by atoms with Gasteiger partial charge in [0.2, 0.25) is 5.95 Å². The Balaban J connectivity index is 1.58. The molecule has 3 rings (SSSR count). The summed E-state index contributed by atoms with van der Waals surface area (Å²) in [6.07, 6.45) is 13.3. The summed E-state index contributed by atoms with van der Waals surface area (Å²) in [6.45, 7) is 4.45. The minimum Gasteiger partial charge on any atom is -0.224 e. The molecule has 170 valence electrons. The minimum atomic E-state index is -0.367. The van der Waals surface area contributed by atoms with E-state index < -0.39 is 0 Å². The van der Waals surface area contributed by atoms with Gasteiger partial charge in [0, 0.05) is 11.3 Å². The maximum atomic E-state index is 14.6. The summed E-state index contributed by atoms with van der Waals surface area (Å²) >= 11 is 0. The molecule has 0 saturated carbocycles. The lowest BCUT2D eigenvalue weighted by molar-refractivity contribution is 0.574. The Hall–Kier alpha value is -2.48. The van der Waals surface area contributed by atoms with E-state index in [4.69, 9.17) is 0 Å². The number of hydrogen-bond donors (Lipinski definition) is 0. The van der Waals surface area contributed by atoms with Crippen molar-refractivity contribution in [2.45, 2.75) is 84.5 Å². The Bertz CT molecular complexity index is 928. The molecule has 0 unspecified atom stereocenters. The van der Waals surface area contributed by atoms with Crippen molar-refractivity contribution in [1.29, 1.82) is 0 Å². The second kappa shape index (κ2) is 13.2. The monoisotopic (exact) mass is 431 g/mol. The minimum absolute atomic E-state index is 0.367. The molecule has 0 N–H and O–H groups in total. The normalized spacial score (nSPS) is 11.1. The van der Waals surface area contributed by atoms with Gasteiger partial charge < -0.3 is 0 Å². The molecule has 2 aromatic carbocycles. The van der Waals surface area contributed by atoms with Crippen LogP contribution in [0.25, 0.3) is 22.3 Å². The Labute approximate surface area is 194 Å². The first kappa shape index (κ1) is 24.2. The van der Waals surface area contributed by atoms with Gasteiger partial charge in [-0.1, -0.05) is 107 Å². The van der Waals surface area contributed by atoms with Crippen LogP contribution in [-0.2, 0) is 12.8 Å². The van der Waals surface area contributed by atoms with Crippen LogP contribution in [0, 0.1) is 5.95 Å². The lowest BCUT2D eigenvalue weighted by atomic mass is 9.98. The van der Waals surface area contributed by atoms with E-state index in [1.54, 1.807) is 0 Å². The fourth-order valence-electron chi connectivity index (χ4n) is 4.20. The number of rotatable bonds is 13. The third-order valence-corrected chi connectivity index (χ3v) is 6.25. The molecule has 1 nitrogen and oxygen atoms in total. The van der Waals surface area contributed by atoms with E-state index in [9.17, 15) is 4.39 Å². The summed E-state index contributed by atoms with van der Waals surface area (Å²) in [4.78, 5) is 4.21. The summed E-state index contributed by atoms with van der Waals surface area (Å²) in [6, 6.07) is 20.9. The molecule has 3 aromatic rings. The highest BCUT2D eigenvalue weighted by atomic mass is 19.1. The van der Waals surface area contributed by atoms with Gasteiger partial charge in [0.05, 0.1) is 0 Å². The molecular weight excluding hydrogens is 393 g/mol. The van der Waals surface area contributed by atoms with Gasteiger partial charge in [-0.2, -0.15) is 4.39 Å². The largest absolute Gasteiger partial charge is 0.224 e. The predicted molar refractivity (Wildman–Crippen MR) is 135 cm³/mol. The lowest BCUT2D eigenvalue weighted by Gasteiger charge is -2.08. The standard InChI is InChI=1S/C30H38FN/c1-3-5-7-9-10-12-24-14-16-25(17-15-24)26-18-20-27(21-19-26)29-23-22-28(32-30(29)31)13-11-8-6-4-2/h14-23H,3-13H2,1-2H3. The van der Waals surface area contributed by atoms with Crippen LogP contribution < -0.4 is 0 Å². The van der Waals surface area contributed by atoms with Crippen LogP contribution in [0.1, 0.15) is 82.9 Å². The Morgan fingerprint density at radius 3 is 1.72 bits per heavy atom. The molecule has 0 fully saturated rings. The van der Waals surface area contributed by atoms with Crippen molar-refractivity contribution >= 4 is 0 Å². The van der Waals surface area contributed by atoms with E-state index in [2.05, 4.69) is 55.2 Å². The van der Waals surface area contributed by atoms with E-state index in [0.29, 0.717) is 5.56 Å². The molecular formula is C30H38FN. The van der Waals surface area contributed by atoms with Crippen LogP contribution in [0.4, 0.5) is 4.39 Å². The topological polar surface area (TPSA) is 12.9 Å². The van der Waals surface area contributed by atoms with Gasteiger partial charge in [-0.25, -0.2) is 4.98 Å². The van der Waals surface area contributed by atoms with Gasteiger partial charge in [0.25, 0.3) is 0 Å². The molecule has 0 saturated heterocycles. The highest BCUT2D eigenvalue weighted by molar-refractivity contribution is 5.70. The SMILES string of the molecule is CCCCCCCc1ccc(-c2ccc(-c3ccc(CCCCCC)nc3F)cc2)cc1. The summed E-state index contributed by atoms with van der Waals surface area (Å²) in [7, 11) is 0. The number of nitrogens with zero attached hydrogens (tertiary/aromatic N) is 1. The smallest absolute Gasteiger partial charge is 0.220 e. The van der Waals surface area contributed by atoms with Crippen molar-refractivity contribution in [3.8, 4) is 22.3 Å². The molecule has 0 radical (unpaired) electrons. The third-order valence-electron chi connectivity index (χ3n) is 6.25. The first-order valence-electron chi connectivity index (χ1n) is 12.6. The van der Waals surface area contributed by atoms with Crippen LogP contribution in [0.3, 0.4) is 0 Å². The van der Waals surface area contributed by atoms with Crippen molar-refractivity contribution in [3.05, 3.63) is 77.9 Å². The zero-order chi connectivity index (χ0) is 22.6. The molecule has 1 aromatic heterocycles. The van der Waals surface area contributed by atoms with Crippen molar-refractivity contribution in [3.63, 3.8) is 0 Å². The quantitative estimate of drug-likeness (QED) is 0.194. The second-order valence-corrected chi connectivity index (χ2v) is 8.89. The highest BCUT2D eigenvalue weighted by Gasteiger charge is 2.09. The van der Waals surface area contributed by atoms with E-state index >= 15 is 0 Å². The van der Waals surface area contributed by atoms with E-state index in [1.165, 1.54) is 62.5 Å². The Kier molecular flexibility index (Phi) is 9.94. The lowest BCUT2D eigenvalue weighted by Crippen LogP contribution is -1.96. The summed E-state index contributed by atoms with van der Waals surface area (Å²) in [5.41, 5.74) is 6.07. The maximum absolute atomic E-state index is 14.6. The predicted octanol–water partition coefficient (Wildman–Crippen LogP) is 9.19. The molecule has 1 heterocycles.